The van der Waals surface area contributed by atoms with Crippen molar-refractivity contribution in [2.45, 2.75) is 32.4 Å². The highest BCUT2D eigenvalue weighted by atomic mass is 79.9. The van der Waals surface area contributed by atoms with Gasteiger partial charge in [-0.2, -0.15) is 0 Å². The van der Waals surface area contributed by atoms with E-state index in [2.05, 4.69) is 22.9 Å². The summed E-state index contributed by atoms with van der Waals surface area (Å²) in [4.78, 5) is 31.4. The minimum absolute atomic E-state index is 0.0297. The van der Waals surface area contributed by atoms with Crippen LogP contribution in [-0.2, 0) is 0 Å². The highest BCUT2D eigenvalue weighted by Crippen LogP contribution is 2.43. The second kappa shape index (κ2) is 10.1. The number of hydrogen-bond acceptors (Lipinski definition) is 2. The molecule has 5 heteroatoms. The summed E-state index contributed by atoms with van der Waals surface area (Å²) in [6, 6.07) is 32.5. The van der Waals surface area contributed by atoms with Gasteiger partial charge in [-0.3, -0.25) is 9.59 Å². The number of carbonyl (C=O) groups is 2. The number of aryl methyl sites for hydroxylation is 1. The van der Waals surface area contributed by atoms with E-state index in [9.17, 15) is 9.59 Å². The molecule has 0 bridgehead atoms. The first-order valence-corrected chi connectivity index (χ1v) is 12.9. The van der Waals surface area contributed by atoms with Crippen molar-refractivity contribution in [2.75, 3.05) is 9.80 Å². The van der Waals surface area contributed by atoms with Gasteiger partial charge in [0.05, 0.1) is 6.04 Å². The Balaban J connectivity index is 1.60. The fraction of sp³-hybridized carbons (Fsp3) is 0.161. The molecule has 5 rings (SSSR count). The molecule has 4 aromatic rings. The first-order chi connectivity index (χ1) is 17.4. The Morgan fingerprint density at radius 1 is 0.833 bits per heavy atom. The quantitative estimate of drug-likeness (QED) is 0.268. The lowest BCUT2D eigenvalue weighted by Crippen LogP contribution is -2.47. The van der Waals surface area contributed by atoms with Gasteiger partial charge in [0.25, 0.3) is 11.8 Å². The molecule has 0 radical (unpaired) electrons. The van der Waals surface area contributed by atoms with Gasteiger partial charge in [-0.05, 0) is 74.4 Å². The van der Waals surface area contributed by atoms with E-state index in [4.69, 9.17) is 0 Å². The standard InChI is InChI=1S/C31H27BrN2O2/c1-21-15-17-23(18-16-21)30(35)33-22(2)19-29(27-13-6-7-14-28(27)33)34(26-11-4-3-5-12-26)31(36)24-9-8-10-25(32)20-24/h3-18,20,22,29H,19H2,1-2H3/t22-,29+/m0/s1. The molecule has 1 aliphatic heterocycles. The summed E-state index contributed by atoms with van der Waals surface area (Å²) in [5.41, 5.74) is 5.01. The average molecular weight is 539 g/mol. The maximum absolute atomic E-state index is 14.0. The summed E-state index contributed by atoms with van der Waals surface area (Å²) in [6.07, 6.45) is 0.614. The van der Waals surface area contributed by atoms with Crippen molar-refractivity contribution < 1.29 is 9.59 Å². The predicted octanol–water partition coefficient (Wildman–Crippen LogP) is 7.58. The van der Waals surface area contributed by atoms with Gasteiger partial charge < -0.3 is 9.80 Å². The van der Waals surface area contributed by atoms with Crippen LogP contribution in [0.15, 0.2) is 108 Å². The molecule has 2 atom stereocenters. The number of para-hydroxylation sites is 2. The molecule has 4 aromatic carbocycles. The van der Waals surface area contributed by atoms with Crippen LogP contribution in [0, 0.1) is 6.92 Å². The third-order valence-corrected chi connectivity index (χ3v) is 7.21. The molecule has 2 amide bonds. The fourth-order valence-corrected chi connectivity index (χ4v) is 5.36. The van der Waals surface area contributed by atoms with Crippen LogP contribution in [0.3, 0.4) is 0 Å². The zero-order valence-electron chi connectivity index (χ0n) is 20.3. The number of nitrogens with zero attached hydrogens (tertiary/aromatic N) is 2. The van der Waals surface area contributed by atoms with Crippen molar-refractivity contribution in [3.05, 3.63) is 130 Å². The number of carbonyl (C=O) groups excluding carboxylic acids is 2. The highest BCUT2D eigenvalue weighted by Gasteiger charge is 2.39. The van der Waals surface area contributed by atoms with Crippen molar-refractivity contribution in [1.29, 1.82) is 0 Å². The molecule has 1 heterocycles. The summed E-state index contributed by atoms with van der Waals surface area (Å²) < 4.78 is 0.855. The number of benzene rings is 4. The Bertz CT molecular complexity index is 1400. The van der Waals surface area contributed by atoms with Crippen molar-refractivity contribution in [1.82, 2.24) is 0 Å². The van der Waals surface area contributed by atoms with E-state index in [0.29, 0.717) is 17.5 Å². The van der Waals surface area contributed by atoms with Gasteiger partial charge in [-0.15, -0.1) is 0 Å². The number of hydrogen-bond donors (Lipinski definition) is 0. The van der Waals surface area contributed by atoms with Crippen LogP contribution in [0.25, 0.3) is 0 Å². The minimum Gasteiger partial charge on any atom is -0.305 e. The summed E-state index contributed by atoms with van der Waals surface area (Å²) in [6.45, 7) is 4.07. The molecule has 0 saturated heterocycles. The van der Waals surface area contributed by atoms with Crippen LogP contribution in [0.2, 0.25) is 0 Å². The van der Waals surface area contributed by atoms with Crippen LogP contribution in [-0.4, -0.2) is 17.9 Å². The lowest BCUT2D eigenvalue weighted by molar-refractivity contribution is 0.0965. The van der Waals surface area contributed by atoms with E-state index in [1.54, 1.807) is 0 Å². The summed E-state index contributed by atoms with van der Waals surface area (Å²) >= 11 is 3.50. The Hall–Kier alpha value is -3.70. The Morgan fingerprint density at radius 2 is 1.53 bits per heavy atom. The highest BCUT2D eigenvalue weighted by molar-refractivity contribution is 9.10. The van der Waals surface area contributed by atoms with Crippen molar-refractivity contribution in [2.24, 2.45) is 0 Å². The van der Waals surface area contributed by atoms with E-state index in [-0.39, 0.29) is 23.9 Å². The van der Waals surface area contributed by atoms with Gasteiger partial charge in [0.15, 0.2) is 0 Å². The first kappa shape index (κ1) is 24.0. The molecule has 0 spiro atoms. The maximum Gasteiger partial charge on any atom is 0.258 e. The van der Waals surface area contributed by atoms with Crippen molar-refractivity contribution in [3.63, 3.8) is 0 Å². The normalized spacial score (nSPS) is 16.8. The van der Waals surface area contributed by atoms with E-state index >= 15 is 0 Å². The zero-order valence-corrected chi connectivity index (χ0v) is 21.9. The van der Waals surface area contributed by atoms with Gasteiger partial charge in [-0.1, -0.05) is 76.1 Å². The van der Waals surface area contributed by atoms with Gasteiger partial charge in [-0.25, -0.2) is 0 Å². The predicted molar refractivity (Wildman–Crippen MR) is 149 cm³/mol. The second-order valence-corrected chi connectivity index (χ2v) is 10.1. The van der Waals surface area contributed by atoms with Crippen molar-refractivity contribution in [3.8, 4) is 0 Å². The fourth-order valence-electron chi connectivity index (χ4n) is 4.96. The number of halogens is 1. The smallest absolute Gasteiger partial charge is 0.258 e. The molecule has 0 aromatic heterocycles. The van der Waals surface area contributed by atoms with E-state index in [1.807, 2.05) is 120 Å². The number of rotatable bonds is 4. The average Bonchev–Trinajstić information content (AvgIpc) is 2.89. The number of amides is 2. The minimum atomic E-state index is -0.229. The van der Waals surface area contributed by atoms with Gasteiger partial charge in [0.1, 0.15) is 0 Å². The molecule has 36 heavy (non-hydrogen) atoms. The van der Waals surface area contributed by atoms with E-state index < -0.39 is 0 Å². The summed E-state index contributed by atoms with van der Waals surface area (Å²) in [5, 5.41) is 0. The second-order valence-electron chi connectivity index (χ2n) is 9.22. The SMILES string of the molecule is Cc1ccc(C(=O)N2c3ccccc3[C@H](N(C(=O)c3cccc(Br)c3)c3ccccc3)C[C@@H]2C)cc1. The molecular formula is C31H27BrN2O2. The Kier molecular flexibility index (Phi) is 6.75. The topological polar surface area (TPSA) is 40.6 Å². The monoisotopic (exact) mass is 538 g/mol. The third-order valence-electron chi connectivity index (χ3n) is 6.71. The van der Waals surface area contributed by atoms with Crippen LogP contribution >= 0.6 is 15.9 Å². The summed E-state index contributed by atoms with van der Waals surface area (Å²) in [5.74, 6) is -0.106. The van der Waals surface area contributed by atoms with Crippen LogP contribution in [0.4, 0.5) is 11.4 Å². The van der Waals surface area contributed by atoms with Gasteiger partial charge in [0, 0.05) is 33.0 Å². The van der Waals surface area contributed by atoms with Gasteiger partial charge >= 0.3 is 0 Å². The largest absolute Gasteiger partial charge is 0.305 e. The van der Waals surface area contributed by atoms with Crippen LogP contribution < -0.4 is 9.80 Å². The summed E-state index contributed by atoms with van der Waals surface area (Å²) in [7, 11) is 0. The molecule has 0 N–H and O–H groups in total. The van der Waals surface area contributed by atoms with Crippen LogP contribution in [0.1, 0.15) is 51.2 Å². The third kappa shape index (κ3) is 4.59. The molecule has 0 fully saturated rings. The van der Waals surface area contributed by atoms with E-state index in [1.165, 1.54) is 0 Å². The maximum atomic E-state index is 14.0. The van der Waals surface area contributed by atoms with Crippen LogP contribution in [0.5, 0.6) is 0 Å². The van der Waals surface area contributed by atoms with E-state index in [0.717, 1.165) is 27.0 Å². The first-order valence-electron chi connectivity index (χ1n) is 12.1. The Labute approximate surface area is 220 Å². The zero-order chi connectivity index (χ0) is 25.2. The molecule has 180 valence electrons. The lowest BCUT2D eigenvalue weighted by atomic mass is 9.89. The molecule has 4 nitrogen and oxygen atoms in total. The molecule has 0 unspecified atom stereocenters. The van der Waals surface area contributed by atoms with Crippen molar-refractivity contribution >= 4 is 39.1 Å². The lowest BCUT2D eigenvalue weighted by Gasteiger charge is -2.43. The molecule has 1 aliphatic rings. The number of fused-ring (bicyclic) bond motifs is 1. The molecular weight excluding hydrogens is 512 g/mol. The van der Waals surface area contributed by atoms with Gasteiger partial charge in [0.2, 0.25) is 0 Å². The Morgan fingerprint density at radius 3 is 2.25 bits per heavy atom. The number of anilines is 2. The molecule has 0 aliphatic carbocycles. The molecule has 0 saturated carbocycles.